The SMILES string of the molecule is CCCCC1NC(CCC)N(C2CCOC2C2CC2)C1=O. The maximum Gasteiger partial charge on any atom is 0.241 e. The predicted octanol–water partition coefficient (Wildman–Crippen LogP) is 2.67. The van der Waals surface area contributed by atoms with E-state index in [0.29, 0.717) is 24.0 Å². The summed E-state index contributed by atoms with van der Waals surface area (Å²) in [4.78, 5) is 15.1. The molecule has 0 aromatic heterocycles. The van der Waals surface area contributed by atoms with Crippen molar-refractivity contribution in [2.75, 3.05) is 6.61 Å². The Morgan fingerprint density at radius 3 is 2.67 bits per heavy atom. The van der Waals surface area contributed by atoms with Gasteiger partial charge in [0.2, 0.25) is 5.91 Å². The highest BCUT2D eigenvalue weighted by molar-refractivity contribution is 5.84. The number of hydrogen-bond acceptors (Lipinski definition) is 3. The number of unbranched alkanes of at least 4 members (excludes halogenated alkanes) is 1. The highest BCUT2D eigenvalue weighted by Crippen LogP contribution is 2.41. The predicted molar refractivity (Wildman–Crippen MR) is 82.9 cm³/mol. The van der Waals surface area contributed by atoms with E-state index < -0.39 is 0 Å². The molecular weight excluding hydrogens is 264 g/mol. The van der Waals surface area contributed by atoms with Gasteiger partial charge in [0.1, 0.15) is 0 Å². The van der Waals surface area contributed by atoms with Gasteiger partial charge in [0.15, 0.2) is 0 Å². The van der Waals surface area contributed by atoms with Crippen molar-refractivity contribution < 1.29 is 9.53 Å². The first kappa shape index (κ1) is 15.3. The summed E-state index contributed by atoms with van der Waals surface area (Å²) in [5.74, 6) is 1.05. The zero-order valence-electron chi connectivity index (χ0n) is 13.5. The number of rotatable bonds is 7. The molecule has 3 aliphatic rings. The first-order valence-corrected chi connectivity index (χ1v) is 8.96. The summed E-state index contributed by atoms with van der Waals surface area (Å²) in [5.41, 5.74) is 0. The molecule has 1 amide bonds. The van der Waals surface area contributed by atoms with Crippen LogP contribution in [-0.2, 0) is 9.53 Å². The van der Waals surface area contributed by atoms with Gasteiger partial charge < -0.3 is 9.64 Å². The van der Waals surface area contributed by atoms with Crippen molar-refractivity contribution in [3.05, 3.63) is 0 Å². The summed E-state index contributed by atoms with van der Waals surface area (Å²) in [6, 6.07) is 0.364. The van der Waals surface area contributed by atoms with Crippen LogP contribution in [0, 0.1) is 5.92 Å². The molecule has 1 aliphatic carbocycles. The highest BCUT2D eigenvalue weighted by atomic mass is 16.5. The second-order valence-electron chi connectivity index (χ2n) is 6.94. The van der Waals surface area contributed by atoms with E-state index in [0.717, 1.165) is 45.1 Å². The monoisotopic (exact) mass is 294 g/mol. The minimum atomic E-state index is 0.0435. The lowest BCUT2D eigenvalue weighted by Gasteiger charge is -2.33. The standard InChI is InChI=1S/C17H30N2O2/c1-3-5-7-13-17(20)19(15(18-13)6-4-2)14-10-11-21-16(14)12-8-9-12/h12-16,18H,3-11H2,1-2H3. The summed E-state index contributed by atoms with van der Waals surface area (Å²) in [7, 11) is 0. The minimum absolute atomic E-state index is 0.0435. The van der Waals surface area contributed by atoms with E-state index in [9.17, 15) is 4.79 Å². The van der Waals surface area contributed by atoms with E-state index in [-0.39, 0.29) is 12.2 Å². The summed E-state index contributed by atoms with van der Waals surface area (Å²) >= 11 is 0. The third-order valence-electron chi connectivity index (χ3n) is 5.24. The second-order valence-corrected chi connectivity index (χ2v) is 6.94. The van der Waals surface area contributed by atoms with E-state index in [4.69, 9.17) is 4.74 Å². The molecule has 4 unspecified atom stereocenters. The lowest BCUT2D eigenvalue weighted by molar-refractivity contribution is -0.134. The van der Waals surface area contributed by atoms with E-state index in [2.05, 4.69) is 24.1 Å². The Morgan fingerprint density at radius 1 is 1.19 bits per heavy atom. The summed E-state index contributed by atoms with van der Waals surface area (Å²) in [6.07, 6.45) is 9.57. The Hall–Kier alpha value is -0.610. The summed E-state index contributed by atoms with van der Waals surface area (Å²) < 4.78 is 5.97. The molecule has 2 saturated heterocycles. The number of nitrogens with zero attached hydrogens (tertiary/aromatic N) is 1. The van der Waals surface area contributed by atoms with Gasteiger partial charge in [0.05, 0.1) is 24.4 Å². The molecule has 4 atom stereocenters. The average Bonchev–Trinajstić information content (AvgIpc) is 3.14. The molecule has 3 fully saturated rings. The van der Waals surface area contributed by atoms with Crippen molar-refractivity contribution in [2.24, 2.45) is 5.92 Å². The van der Waals surface area contributed by atoms with Gasteiger partial charge in [-0.05, 0) is 38.0 Å². The number of carbonyl (C=O) groups excluding carboxylic acids is 1. The molecule has 0 spiro atoms. The van der Waals surface area contributed by atoms with Crippen LogP contribution in [0.25, 0.3) is 0 Å². The number of nitrogens with one attached hydrogen (secondary N) is 1. The molecular formula is C17H30N2O2. The fourth-order valence-corrected chi connectivity index (χ4v) is 4.00. The molecule has 0 aromatic rings. The zero-order valence-corrected chi connectivity index (χ0v) is 13.5. The summed E-state index contributed by atoms with van der Waals surface area (Å²) in [6.45, 7) is 5.22. The van der Waals surface area contributed by atoms with Crippen molar-refractivity contribution in [3.63, 3.8) is 0 Å². The lowest BCUT2D eigenvalue weighted by Crippen LogP contribution is -2.48. The molecule has 3 rings (SSSR count). The Kier molecular flexibility index (Phi) is 4.85. The maximum atomic E-state index is 12.9. The van der Waals surface area contributed by atoms with Gasteiger partial charge in [-0.15, -0.1) is 0 Å². The van der Waals surface area contributed by atoms with Crippen LogP contribution in [0.3, 0.4) is 0 Å². The first-order chi connectivity index (χ1) is 10.3. The first-order valence-electron chi connectivity index (χ1n) is 8.96. The average molecular weight is 294 g/mol. The van der Waals surface area contributed by atoms with Gasteiger partial charge in [0, 0.05) is 6.61 Å². The molecule has 4 nitrogen and oxygen atoms in total. The van der Waals surface area contributed by atoms with Crippen LogP contribution in [0.4, 0.5) is 0 Å². The Bertz CT molecular complexity index is 370. The number of amides is 1. The van der Waals surface area contributed by atoms with Crippen LogP contribution in [-0.4, -0.2) is 41.8 Å². The van der Waals surface area contributed by atoms with Crippen LogP contribution >= 0.6 is 0 Å². The second kappa shape index (κ2) is 6.66. The minimum Gasteiger partial charge on any atom is -0.376 e. The number of carbonyl (C=O) groups is 1. The molecule has 120 valence electrons. The van der Waals surface area contributed by atoms with Crippen molar-refractivity contribution in [2.45, 2.75) is 89.6 Å². The largest absolute Gasteiger partial charge is 0.376 e. The maximum absolute atomic E-state index is 12.9. The van der Waals surface area contributed by atoms with E-state index in [1.165, 1.54) is 12.8 Å². The van der Waals surface area contributed by atoms with Crippen LogP contribution in [0.5, 0.6) is 0 Å². The fourth-order valence-electron chi connectivity index (χ4n) is 4.00. The molecule has 4 heteroatoms. The van der Waals surface area contributed by atoms with Crippen molar-refractivity contribution in [1.82, 2.24) is 10.2 Å². The fraction of sp³-hybridized carbons (Fsp3) is 0.941. The van der Waals surface area contributed by atoms with Gasteiger partial charge in [-0.25, -0.2) is 0 Å². The third kappa shape index (κ3) is 3.11. The van der Waals surface area contributed by atoms with Crippen LogP contribution in [0.1, 0.15) is 65.2 Å². The van der Waals surface area contributed by atoms with E-state index in [1.54, 1.807) is 0 Å². The van der Waals surface area contributed by atoms with Gasteiger partial charge in [-0.2, -0.15) is 0 Å². The summed E-state index contributed by atoms with van der Waals surface area (Å²) in [5, 5.41) is 3.60. The molecule has 1 saturated carbocycles. The number of ether oxygens (including phenoxy) is 1. The highest BCUT2D eigenvalue weighted by Gasteiger charge is 2.49. The van der Waals surface area contributed by atoms with Gasteiger partial charge in [0.25, 0.3) is 0 Å². The van der Waals surface area contributed by atoms with Crippen molar-refractivity contribution >= 4 is 5.91 Å². The smallest absolute Gasteiger partial charge is 0.241 e. The van der Waals surface area contributed by atoms with Crippen molar-refractivity contribution in [3.8, 4) is 0 Å². The molecule has 2 aliphatic heterocycles. The van der Waals surface area contributed by atoms with Gasteiger partial charge in [-0.3, -0.25) is 10.1 Å². The van der Waals surface area contributed by atoms with Crippen molar-refractivity contribution in [1.29, 1.82) is 0 Å². The molecule has 2 heterocycles. The van der Waals surface area contributed by atoms with E-state index >= 15 is 0 Å². The molecule has 1 N–H and O–H groups in total. The van der Waals surface area contributed by atoms with Gasteiger partial charge in [-0.1, -0.05) is 33.1 Å². The molecule has 21 heavy (non-hydrogen) atoms. The Balaban J connectivity index is 1.71. The van der Waals surface area contributed by atoms with Crippen LogP contribution in [0.15, 0.2) is 0 Å². The topological polar surface area (TPSA) is 41.6 Å². The normalized spacial score (nSPS) is 36.7. The third-order valence-corrected chi connectivity index (χ3v) is 5.24. The van der Waals surface area contributed by atoms with Gasteiger partial charge >= 0.3 is 0 Å². The molecule has 0 radical (unpaired) electrons. The molecule has 0 bridgehead atoms. The van der Waals surface area contributed by atoms with Crippen LogP contribution < -0.4 is 5.32 Å². The van der Waals surface area contributed by atoms with Crippen LogP contribution in [0.2, 0.25) is 0 Å². The Labute approximate surface area is 128 Å². The number of hydrogen-bond donors (Lipinski definition) is 1. The quantitative estimate of drug-likeness (QED) is 0.785. The zero-order chi connectivity index (χ0) is 14.8. The lowest BCUT2D eigenvalue weighted by atomic mass is 10.0. The Morgan fingerprint density at radius 2 is 2.00 bits per heavy atom. The molecule has 0 aromatic carbocycles. The van der Waals surface area contributed by atoms with E-state index in [1.807, 2.05) is 0 Å².